The summed E-state index contributed by atoms with van der Waals surface area (Å²) in [7, 11) is 0. The van der Waals surface area contributed by atoms with Crippen molar-refractivity contribution in [1.82, 2.24) is 9.80 Å². The van der Waals surface area contributed by atoms with Crippen molar-refractivity contribution in [3.8, 4) is 0 Å². The molecule has 1 amide bonds. The van der Waals surface area contributed by atoms with Crippen molar-refractivity contribution in [2.45, 2.75) is 77.0 Å². The van der Waals surface area contributed by atoms with E-state index < -0.39 is 0 Å². The van der Waals surface area contributed by atoms with Gasteiger partial charge in [-0.25, -0.2) is 0 Å². The topological polar surface area (TPSA) is 23.6 Å². The van der Waals surface area contributed by atoms with Gasteiger partial charge in [0.25, 0.3) is 0 Å². The summed E-state index contributed by atoms with van der Waals surface area (Å²) in [5.41, 5.74) is 1.38. The number of piperidine rings is 1. The van der Waals surface area contributed by atoms with Gasteiger partial charge in [-0.1, -0.05) is 42.5 Å². The van der Waals surface area contributed by atoms with Crippen molar-refractivity contribution in [3.05, 3.63) is 48.0 Å². The van der Waals surface area contributed by atoms with E-state index in [1.54, 1.807) is 0 Å². The zero-order valence-corrected chi connectivity index (χ0v) is 16.7. The molecule has 1 aliphatic carbocycles. The van der Waals surface area contributed by atoms with E-state index in [0.717, 1.165) is 25.9 Å². The minimum Gasteiger partial charge on any atom is -0.337 e. The molecule has 3 heteroatoms. The summed E-state index contributed by atoms with van der Waals surface area (Å²) in [6, 6.07) is 16.7. The molecule has 1 saturated carbocycles. The quantitative estimate of drug-likeness (QED) is 0.721. The normalized spacial score (nSPS) is 23.1. The Morgan fingerprint density at radius 2 is 1.70 bits per heavy atom. The van der Waals surface area contributed by atoms with Gasteiger partial charge >= 0.3 is 0 Å². The molecule has 2 aliphatic rings. The fraction of sp³-hybridized carbons (Fsp3) is 0.542. The highest BCUT2D eigenvalue weighted by atomic mass is 16.2. The second-order valence-electron chi connectivity index (χ2n) is 8.52. The molecule has 0 radical (unpaired) electrons. The van der Waals surface area contributed by atoms with Crippen LogP contribution in [-0.2, 0) is 11.3 Å². The van der Waals surface area contributed by atoms with Gasteiger partial charge < -0.3 is 4.90 Å². The van der Waals surface area contributed by atoms with Crippen molar-refractivity contribution in [2.75, 3.05) is 6.54 Å². The van der Waals surface area contributed by atoms with Crippen LogP contribution in [0.4, 0.5) is 0 Å². The van der Waals surface area contributed by atoms with Gasteiger partial charge in [0.05, 0.1) is 0 Å². The molecule has 4 rings (SSSR count). The molecule has 0 N–H and O–H groups in total. The molecule has 2 aromatic rings. The maximum atomic E-state index is 12.9. The predicted molar refractivity (Wildman–Crippen MR) is 112 cm³/mol. The molecular formula is C24H32N2O. The Kier molecular flexibility index (Phi) is 5.49. The summed E-state index contributed by atoms with van der Waals surface area (Å²) in [6.45, 7) is 6.25. The minimum atomic E-state index is 0.346. The third-order valence-electron chi connectivity index (χ3n) is 6.41. The van der Waals surface area contributed by atoms with Crippen LogP contribution in [0.25, 0.3) is 10.8 Å². The average molecular weight is 365 g/mol. The highest BCUT2D eigenvalue weighted by molar-refractivity contribution is 5.85. The number of amides is 1. The number of rotatable bonds is 6. The maximum Gasteiger partial charge on any atom is 0.224 e. The third kappa shape index (κ3) is 4.19. The fourth-order valence-corrected chi connectivity index (χ4v) is 4.76. The van der Waals surface area contributed by atoms with Crippen LogP contribution in [0, 0.1) is 0 Å². The molecule has 144 valence electrons. The van der Waals surface area contributed by atoms with E-state index in [-0.39, 0.29) is 0 Å². The van der Waals surface area contributed by atoms with Crippen molar-refractivity contribution in [3.63, 3.8) is 0 Å². The van der Waals surface area contributed by atoms with Gasteiger partial charge in [-0.3, -0.25) is 9.69 Å². The molecule has 27 heavy (non-hydrogen) atoms. The first-order valence-corrected chi connectivity index (χ1v) is 10.7. The molecule has 2 unspecified atom stereocenters. The number of carbonyl (C=O) groups excluding carboxylic acids is 1. The van der Waals surface area contributed by atoms with Crippen molar-refractivity contribution in [2.24, 2.45) is 0 Å². The summed E-state index contributed by atoms with van der Waals surface area (Å²) in [4.78, 5) is 17.6. The lowest BCUT2D eigenvalue weighted by atomic mass is 9.97. The summed E-state index contributed by atoms with van der Waals surface area (Å²) in [5, 5.41) is 2.65. The Morgan fingerprint density at radius 3 is 2.44 bits per heavy atom. The Bertz CT molecular complexity index is 783. The number of hydrogen-bond donors (Lipinski definition) is 0. The largest absolute Gasteiger partial charge is 0.337 e. The van der Waals surface area contributed by atoms with E-state index in [1.807, 2.05) is 0 Å². The van der Waals surface area contributed by atoms with E-state index >= 15 is 0 Å². The third-order valence-corrected chi connectivity index (χ3v) is 6.41. The Balaban J connectivity index is 1.43. The van der Waals surface area contributed by atoms with Gasteiger partial charge in [-0.15, -0.1) is 0 Å². The van der Waals surface area contributed by atoms with E-state index in [2.05, 4.69) is 66.1 Å². The van der Waals surface area contributed by atoms with Crippen LogP contribution >= 0.6 is 0 Å². The molecule has 0 spiro atoms. The van der Waals surface area contributed by atoms with Gasteiger partial charge in [-0.2, -0.15) is 0 Å². The van der Waals surface area contributed by atoms with Crippen LogP contribution in [0.2, 0.25) is 0 Å². The molecule has 0 aromatic heterocycles. The summed E-state index contributed by atoms with van der Waals surface area (Å²) in [5.74, 6) is 0.346. The lowest BCUT2D eigenvalue weighted by molar-refractivity contribution is -0.137. The molecule has 1 saturated heterocycles. The zero-order valence-electron chi connectivity index (χ0n) is 16.7. The minimum absolute atomic E-state index is 0.346. The zero-order chi connectivity index (χ0) is 18.8. The van der Waals surface area contributed by atoms with Gasteiger partial charge in [0.1, 0.15) is 0 Å². The number of benzene rings is 2. The molecule has 1 heterocycles. The second-order valence-corrected chi connectivity index (χ2v) is 8.52. The van der Waals surface area contributed by atoms with Gasteiger partial charge in [0.2, 0.25) is 5.91 Å². The second kappa shape index (κ2) is 8.02. The number of hydrogen-bond acceptors (Lipinski definition) is 2. The highest BCUT2D eigenvalue weighted by Gasteiger charge is 2.32. The monoisotopic (exact) mass is 364 g/mol. The Hall–Kier alpha value is -1.87. The van der Waals surface area contributed by atoms with Gasteiger partial charge in [0.15, 0.2) is 0 Å². The van der Waals surface area contributed by atoms with Crippen molar-refractivity contribution in [1.29, 1.82) is 0 Å². The molecule has 2 aromatic carbocycles. The first-order chi connectivity index (χ1) is 13.1. The van der Waals surface area contributed by atoms with Crippen molar-refractivity contribution >= 4 is 16.7 Å². The van der Waals surface area contributed by atoms with Crippen LogP contribution in [-0.4, -0.2) is 40.4 Å². The highest BCUT2D eigenvalue weighted by Crippen LogP contribution is 2.31. The molecule has 2 fully saturated rings. The van der Waals surface area contributed by atoms with Crippen LogP contribution < -0.4 is 0 Å². The molecule has 0 bridgehead atoms. The molecular weight excluding hydrogens is 332 g/mol. The number of likely N-dealkylation sites (tertiary alicyclic amines) is 1. The predicted octanol–water partition coefficient (Wildman–Crippen LogP) is 4.98. The Labute approximate surface area is 163 Å². The van der Waals surface area contributed by atoms with Gasteiger partial charge in [-0.05, 0) is 62.3 Å². The van der Waals surface area contributed by atoms with Crippen molar-refractivity contribution < 1.29 is 4.79 Å². The van der Waals surface area contributed by atoms with Crippen LogP contribution in [0.3, 0.4) is 0 Å². The van der Waals surface area contributed by atoms with E-state index in [0.29, 0.717) is 30.5 Å². The van der Waals surface area contributed by atoms with Gasteiger partial charge in [0, 0.05) is 37.6 Å². The average Bonchev–Trinajstić information content (AvgIpc) is 3.50. The molecule has 2 atom stereocenters. The lowest BCUT2D eigenvalue weighted by Crippen LogP contribution is -2.48. The standard InChI is InChI=1S/C24H32N2O/c1-18-7-5-8-19(2)26(18)24(27)15-16-25(22-13-14-22)17-21-11-6-10-20-9-3-4-12-23(20)21/h3-4,6,9-12,18-19,22H,5,7-8,13-17H2,1-2H3. The SMILES string of the molecule is CC1CCCC(C)N1C(=O)CCN(Cc1cccc2ccccc12)C1CC1. The first-order valence-electron chi connectivity index (χ1n) is 10.7. The van der Waals surface area contributed by atoms with E-state index in [9.17, 15) is 4.79 Å². The Morgan fingerprint density at radius 1 is 1.00 bits per heavy atom. The van der Waals surface area contributed by atoms with Crippen LogP contribution in [0.5, 0.6) is 0 Å². The number of nitrogens with zero attached hydrogens (tertiary/aromatic N) is 2. The number of carbonyl (C=O) groups is 1. The van der Waals surface area contributed by atoms with Crippen LogP contribution in [0.1, 0.15) is 57.9 Å². The number of fused-ring (bicyclic) bond motifs is 1. The van der Waals surface area contributed by atoms with Crippen LogP contribution in [0.15, 0.2) is 42.5 Å². The lowest BCUT2D eigenvalue weighted by Gasteiger charge is -2.39. The summed E-state index contributed by atoms with van der Waals surface area (Å²) in [6.07, 6.45) is 6.75. The summed E-state index contributed by atoms with van der Waals surface area (Å²) >= 11 is 0. The molecule has 1 aliphatic heterocycles. The smallest absolute Gasteiger partial charge is 0.224 e. The first kappa shape index (κ1) is 18.5. The van der Waals surface area contributed by atoms with E-state index in [1.165, 1.54) is 35.6 Å². The van der Waals surface area contributed by atoms with E-state index in [4.69, 9.17) is 0 Å². The summed E-state index contributed by atoms with van der Waals surface area (Å²) < 4.78 is 0. The molecule has 3 nitrogen and oxygen atoms in total. The fourth-order valence-electron chi connectivity index (χ4n) is 4.76. The maximum absolute atomic E-state index is 12.9.